The second-order valence-electron chi connectivity index (χ2n) is 8.63. The van der Waals surface area contributed by atoms with Gasteiger partial charge in [-0.15, -0.1) is 0 Å². The molecule has 4 rings (SSSR count). The van der Waals surface area contributed by atoms with E-state index in [1.54, 1.807) is 0 Å². The minimum absolute atomic E-state index is 0.0567. The number of carbonyl (C=O) groups is 1. The number of nitrogens with two attached hydrogens (primary N) is 1. The molecule has 176 valence electrons. The molecule has 2 aromatic rings. The van der Waals surface area contributed by atoms with Crippen molar-refractivity contribution in [3.63, 3.8) is 0 Å². The number of anilines is 1. The summed E-state index contributed by atoms with van der Waals surface area (Å²) in [6.07, 6.45) is -3.94. The summed E-state index contributed by atoms with van der Waals surface area (Å²) < 4.78 is 74.6. The molecule has 0 spiro atoms. The zero-order valence-corrected chi connectivity index (χ0v) is 17.4. The molecule has 6 nitrogen and oxygen atoms in total. The third-order valence-corrected chi connectivity index (χ3v) is 6.25. The van der Waals surface area contributed by atoms with Crippen molar-refractivity contribution >= 4 is 17.4 Å². The molecule has 1 saturated carbocycles. The predicted molar refractivity (Wildman–Crippen MR) is 107 cm³/mol. The minimum Gasteiger partial charge on any atom is -0.385 e. The summed E-state index contributed by atoms with van der Waals surface area (Å²) in [5.74, 6) is -3.60. The molecule has 2 aromatic heterocycles. The van der Waals surface area contributed by atoms with E-state index in [-0.39, 0.29) is 66.8 Å². The quantitative estimate of drug-likeness (QED) is 0.670. The molecule has 2 fully saturated rings. The van der Waals surface area contributed by atoms with Crippen molar-refractivity contribution in [2.45, 2.75) is 63.1 Å². The van der Waals surface area contributed by atoms with Crippen LogP contribution in [-0.2, 0) is 17.3 Å². The number of ether oxygens (including phenoxy) is 1. The lowest BCUT2D eigenvalue weighted by molar-refractivity contribution is -0.141. The monoisotopic (exact) mass is 460 g/mol. The largest absolute Gasteiger partial charge is 0.435 e. The third kappa shape index (κ3) is 4.82. The van der Waals surface area contributed by atoms with Crippen LogP contribution in [0.15, 0.2) is 12.1 Å². The van der Waals surface area contributed by atoms with Gasteiger partial charge in [-0.1, -0.05) is 0 Å². The van der Waals surface area contributed by atoms with Gasteiger partial charge in [-0.25, -0.2) is 13.8 Å². The van der Waals surface area contributed by atoms with Gasteiger partial charge in [-0.2, -0.15) is 13.2 Å². The summed E-state index contributed by atoms with van der Waals surface area (Å²) in [6, 6.07) is 2.51. The predicted octanol–water partition coefficient (Wildman–Crippen LogP) is 4.21. The van der Waals surface area contributed by atoms with Crippen molar-refractivity contribution in [3.05, 3.63) is 29.1 Å². The molecular weight excluding hydrogens is 435 g/mol. The molecule has 1 saturated heterocycles. The number of hydrogen-bond acceptors (Lipinski definition) is 4. The van der Waals surface area contributed by atoms with Gasteiger partial charge < -0.3 is 15.8 Å². The van der Waals surface area contributed by atoms with E-state index in [4.69, 9.17) is 10.5 Å². The Hall–Kier alpha value is -2.43. The Morgan fingerprint density at radius 2 is 1.84 bits per heavy atom. The van der Waals surface area contributed by atoms with Crippen LogP contribution in [0.4, 0.5) is 27.8 Å². The van der Waals surface area contributed by atoms with Gasteiger partial charge in [0.1, 0.15) is 11.5 Å². The Balaban J connectivity index is 1.64. The second kappa shape index (κ2) is 8.49. The summed E-state index contributed by atoms with van der Waals surface area (Å²) in [7, 11) is 0. The van der Waals surface area contributed by atoms with E-state index < -0.39 is 23.7 Å². The van der Waals surface area contributed by atoms with Crippen LogP contribution in [0.5, 0.6) is 0 Å². The zero-order chi connectivity index (χ0) is 23.1. The fraction of sp³-hybridized carbons (Fsp3) is 0.619. The zero-order valence-electron chi connectivity index (χ0n) is 17.4. The highest BCUT2D eigenvalue weighted by Gasteiger charge is 2.40. The van der Waals surface area contributed by atoms with Gasteiger partial charge in [0.05, 0.1) is 5.69 Å². The number of alkyl halides is 5. The van der Waals surface area contributed by atoms with Crippen molar-refractivity contribution in [2.75, 3.05) is 18.9 Å². The maximum Gasteiger partial charge on any atom is 0.435 e. The topological polar surface area (TPSA) is 81.7 Å². The number of nitrogen functional groups attached to an aromatic ring is 1. The van der Waals surface area contributed by atoms with Crippen molar-refractivity contribution in [3.8, 4) is 0 Å². The summed E-state index contributed by atoms with van der Waals surface area (Å²) >= 11 is 0. The maximum absolute atomic E-state index is 13.7. The van der Waals surface area contributed by atoms with Gasteiger partial charge in [-0.3, -0.25) is 9.20 Å². The minimum atomic E-state index is -4.74. The standard InChI is InChI=1S/C21H25F5N4O2/c22-20(23)5-1-12(2-6-20)9-15-18(21(24,25)26)29-17-11-13(10-16(27)30(15)17)19(31)28-14-3-7-32-8-4-14/h10-12,14H,1-9,27H2,(H,28,31). The van der Waals surface area contributed by atoms with Gasteiger partial charge in [0.2, 0.25) is 5.92 Å². The Labute approximate surface area is 181 Å². The molecule has 0 atom stereocenters. The molecule has 11 heteroatoms. The Kier molecular flexibility index (Phi) is 6.04. The van der Waals surface area contributed by atoms with Gasteiger partial charge >= 0.3 is 6.18 Å². The molecule has 1 aliphatic carbocycles. The molecule has 0 unspecified atom stereocenters. The smallest absolute Gasteiger partial charge is 0.385 e. The summed E-state index contributed by atoms with van der Waals surface area (Å²) in [5.41, 5.74) is 4.84. The number of nitrogens with one attached hydrogen (secondary N) is 1. The number of pyridine rings is 1. The normalized spacial score (nSPS) is 20.5. The number of imidazole rings is 1. The highest BCUT2D eigenvalue weighted by atomic mass is 19.4. The number of rotatable bonds is 4. The van der Waals surface area contributed by atoms with Gasteiger partial charge in [0.15, 0.2) is 5.69 Å². The number of nitrogens with zero attached hydrogens (tertiary/aromatic N) is 2. The van der Waals surface area contributed by atoms with E-state index >= 15 is 0 Å². The average Bonchev–Trinajstić information content (AvgIpc) is 3.09. The van der Waals surface area contributed by atoms with E-state index in [0.717, 1.165) is 0 Å². The van der Waals surface area contributed by atoms with Crippen LogP contribution in [0.3, 0.4) is 0 Å². The fourth-order valence-corrected chi connectivity index (χ4v) is 4.50. The Morgan fingerprint density at radius 1 is 1.19 bits per heavy atom. The van der Waals surface area contributed by atoms with E-state index in [1.807, 2.05) is 0 Å². The summed E-state index contributed by atoms with van der Waals surface area (Å²) in [6.45, 7) is 1.05. The Morgan fingerprint density at radius 3 is 2.47 bits per heavy atom. The van der Waals surface area contributed by atoms with Crippen LogP contribution in [0.1, 0.15) is 60.3 Å². The molecule has 3 heterocycles. The van der Waals surface area contributed by atoms with Gasteiger partial charge in [0, 0.05) is 37.7 Å². The Bertz CT molecular complexity index is 988. The van der Waals surface area contributed by atoms with Gasteiger partial charge in [0.25, 0.3) is 5.91 Å². The summed E-state index contributed by atoms with van der Waals surface area (Å²) in [4.78, 5) is 16.4. The molecule has 1 amide bonds. The van der Waals surface area contributed by atoms with E-state index in [9.17, 15) is 26.7 Å². The van der Waals surface area contributed by atoms with Crippen LogP contribution in [-0.4, -0.2) is 40.5 Å². The first kappa shape index (κ1) is 22.8. The molecule has 0 bridgehead atoms. The van der Waals surface area contributed by atoms with Crippen molar-refractivity contribution in [1.29, 1.82) is 0 Å². The highest BCUT2D eigenvalue weighted by Crippen LogP contribution is 2.40. The number of fused-ring (bicyclic) bond motifs is 1. The molecular formula is C21H25F5N4O2. The number of carbonyl (C=O) groups excluding carboxylic acids is 1. The first-order valence-corrected chi connectivity index (χ1v) is 10.7. The van der Waals surface area contributed by atoms with Crippen molar-refractivity contribution < 1.29 is 31.5 Å². The van der Waals surface area contributed by atoms with Gasteiger partial charge in [-0.05, 0) is 50.2 Å². The maximum atomic E-state index is 13.7. The number of amides is 1. The second-order valence-corrected chi connectivity index (χ2v) is 8.63. The lowest BCUT2D eigenvalue weighted by atomic mass is 9.83. The van der Waals surface area contributed by atoms with E-state index in [1.165, 1.54) is 16.5 Å². The number of halogens is 5. The van der Waals surface area contributed by atoms with Crippen LogP contribution >= 0.6 is 0 Å². The molecule has 0 radical (unpaired) electrons. The lowest BCUT2D eigenvalue weighted by Crippen LogP contribution is -2.38. The number of hydrogen-bond donors (Lipinski definition) is 2. The first-order chi connectivity index (χ1) is 15.0. The van der Waals surface area contributed by atoms with Crippen LogP contribution in [0.2, 0.25) is 0 Å². The molecule has 2 aliphatic rings. The SMILES string of the molecule is Nc1cc(C(=O)NC2CCOCC2)cc2nc(C(F)(F)F)c(CC3CCC(F)(F)CC3)n12. The lowest BCUT2D eigenvalue weighted by Gasteiger charge is -2.28. The van der Waals surface area contributed by atoms with Crippen molar-refractivity contribution in [2.24, 2.45) is 5.92 Å². The molecule has 3 N–H and O–H groups in total. The summed E-state index contributed by atoms with van der Waals surface area (Å²) in [5, 5.41) is 2.85. The van der Waals surface area contributed by atoms with Crippen molar-refractivity contribution in [1.82, 2.24) is 14.7 Å². The first-order valence-electron chi connectivity index (χ1n) is 10.7. The van der Waals surface area contributed by atoms with E-state index in [0.29, 0.717) is 26.1 Å². The fourth-order valence-electron chi connectivity index (χ4n) is 4.50. The van der Waals surface area contributed by atoms with E-state index in [2.05, 4.69) is 10.3 Å². The third-order valence-electron chi connectivity index (χ3n) is 6.25. The number of aromatic nitrogens is 2. The molecule has 0 aromatic carbocycles. The highest BCUT2D eigenvalue weighted by molar-refractivity contribution is 5.96. The van der Waals surface area contributed by atoms with Crippen LogP contribution in [0, 0.1) is 5.92 Å². The average molecular weight is 460 g/mol. The van der Waals surface area contributed by atoms with Crippen LogP contribution in [0.25, 0.3) is 5.65 Å². The van der Waals surface area contributed by atoms with Crippen LogP contribution < -0.4 is 11.1 Å². The molecule has 1 aliphatic heterocycles. The molecule has 32 heavy (non-hydrogen) atoms.